The fourth-order valence-electron chi connectivity index (χ4n) is 2.50. The molecular weight excluding hydrogens is 238 g/mol. The van der Waals surface area contributed by atoms with Crippen LogP contribution >= 0.6 is 0 Å². The van der Waals surface area contributed by atoms with Crippen molar-refractivity contribution in [3.63, 3.8) is 0 Å². The number of aliphatic hydroxyl groups excluding tert-OH is 1. The second kappa shape index (κ2) is 8.93. The van der Waals surface area contributed by atoms with Crippen LogP contribution in [0.15, 0.2) is 0 Å². The molecule has 1 aliphatic rings. The fourth-order valence-corrected chi connectivity index (χ4v) is 2.50. The topological polar surface area (TPSA) is 41.5 Å². The summed E-state index contributed by atoms with van der Waals surface area (Å²) in [7, 11) is 0. The van der Waals surface area contributed by atoms with Crippen LogP contribution in [-0.4, -0.2) is 36.5 Å². The van der Waals surface area contributed by atoms with Gasteiger partial charge in [-0.2, -0.15) is 0 Å². The molecule has 3 heteroatoms. The molecule has 0 amide bonds. The second-order valence-electron chi connectivity index (χ2n) is 6.56. The molecule has 0 aromatic heterocycles. The predicted octanol–water partition coefficient (Wildman–Crippen LogP) is 3.11. The highest BCUT2D eigenvalue weighted by molar-refractivity contribution is 4.92. The Morgan fingerprint density at radius 1 is 1.37 bits per heavy atom. The molecule has 19 heavy (non-hydrogen) atoms. The molecule has 3 nitrogen and oxygen atoms in total. The summed E-state index contributed by atoms with van der Waals surface area (Å²) < 4.78 is 5.71. The maximum atomic E-state index is 9.50. The Morgan fingerprint density at radius 2 is 2.11 bits per heavy atom. The van der Waals surface area contributed by atoms with E-state index in [1.54, 1.807) is 0 Å². The fraction of sp³-hybridized carbons (Fsp3) is 1.00. The van der Waals surface area contributed by atoms with Crippen molar-refractivity contribution in [2.24, 2.45) is 5.92 Å². The van der Waals surface area contributed by atoms with Gasteiger partial charge in [-0.3, -0.25) is 0 Å². The van der Waals surface area contributed by atoms with Gasteiger partial charge in [0.2, 0.25) is 0 Å². The van der Waals surface area contributed by atoms with E-state index in [4.69, 9.17) is 4.74 Å². The summed E-state index contributed by atoms with van der Waals surface area (Å²) in [5.74, 6) is 0.684. The molecule has 0 aromatic carbocycles. The van der Waals surface area contributed by atoms with Crippen molar-refractivity contribution < 1.29 is 9.84 Å². The van der Waals surface area contributed by atoms with Crippen molar-refractivity contribution in [2.75, 3.05) is 19.8 Å². The lowest BCUT2D eigenvalue weighted by atomic mass is 9.95. The summed E-state index contributed by atoms with van der Waals surface area (Å²) in [6.45, 7) is 8.60. The Hall–Kier alpha value is -0.120. The summed E-state index contributed by atoms with van der Waals surface area (Å²) >= 11 is 0. The zero-order valence-corrected chi connectivity index (χ0v) is 13.1. The van der Waals surface area contributed by atoms with Gasteiger partial charge < -0.3 is 15.2 Å². The summed E-state index contributed by atoms with van der Waals surface area (Å²) in [6.07, 6.45) is 8.30. The monoisotopic (exact) mass is 271 g/mol. The number of hydrogen-bond donors (Lipinski definition) is 2. The van der Waals surface area contributed by atoms with E-state index < -0.39 is 0 Å². The Labute approximate surface area is 119 Å². The lowest BCUT2D eigenvalue weighted by Gasteiger charge is -2.29. The van der Waals surface area contributed by atoms with Crippen LogP contribution < -0.4 is 5.32 Å². The first kappa shape index (κ1) is 16.9. The quantitative estimate of drug-likeness (QED) is 0.536. The number of nitrogens with one attached hydrogen (secondary N) is 1. The van der Waals surface area contributed by atoms with Gasteiger partial charge in [-0.05, 0) is 51.4 Å². The van der Waals surface area contributed by atoms with Crippen molar-refractivity contribution in [3.8, 4) is 0 Å². The Balaban J connectivity index is 1.99. The molecule has 2 N–H and O–H groups in total. The number of hydrogen-bond acceptors (Lipinski definition) is 3. The smallest absolute Gasteiger partial charge is 0.0610 e. The maximum absolute atomic E-state index is 9.50. The van der Waals surface area contributed by atoms with Crippen LogP contribution in [0.4, 0.5) is 0 Å². The molecule has 0 saturated heterocycles. The molecular formula is C16H33NO2. The van der Waals surface area contributed by atoms with Crippen LogP contribution in [-0.2, 0) is 4.74 Å². The predicted molar refractivity (Wildman–Crippen MR) is 80.4 cm³/mol. The van der Waals surface area contributed by atoms with Gasteiger partial charge in [0.05, 0.1) is 6.61 Å². The van der Waals surface area contributed by atoms with Gasteiger partial charge in [0, 0.05) is 24.8 Å². The van der Waals surface area contributed by atoms with Crippen LogP contribution in [0.2, 0.25) is 0 Å². The van der Waals surface area contributed by atoms with Gasteiger partial charge in [0.15, 0.2) is 0 Å². The zero-order chi connectivity index (χ0) is 14.1. The van der Waals surface area contributed by atoms with E-state index >= 15 is 0 Å². The minimum absolute atomic E-state index is 0.0866. The summed E-state index contributed by atoms with van der Waals surface area (Å²) in [4.78, 5) is 0. The SMILES string of the molecule is CCCC(C)COCCCCC(C)(CO)NC1CC1. The molecule has 114 valence electrons. The molecule has 0 bridgehead atoms. The molecule has 1 saturated carbocycles. The van der Waals surface area contributed by atoms with Gasteiger partial charge >= 0.3 is 0 Å². The number of unbranched alkanes of at least 4 members (excludes halogenated alkanes) is 1. The van der Waals surface area contributed by atoms with E-state index in [1.165, 1.54) is 25.7 Å². The first-order chi connectivity index (χ1) is 9.09. The van der Waals surface area contributed by atoms with Crippen molar-refractivity contribution in [3.05, 3.63) is 0 Å². The van der Waals surface area contributed by atoms with E-state index in [1.807, 2.05) is 0 Å². The highest BCUT2D eigenvalue weighted by Gasteiger charge is 2.31. The minimum atomic E-state index is -0.0866. The molecule has 0 spiro atoms. The molecule has 0 heterocycles. The summed E-state index contributed by atoms with van der Waals surface area (Å²) in [6, 6.07) is 0.656. The van der Waals surface area contributed by atoms with Gasteiger partial charge in [-0.15, -0.1) is 0 Å². The van der Waals surface area contributed by atoms with Crippen molar-refractivity contribution >= 4 is 0 Å². The highest BCUT2D eigenvalue weighted by atomic mass is 16.5. The van der Waals surface area contributed by atoms with Crippen molar-refractivity contribution in [1.82, 2.24) is 5.32 Å². The molecule has 0 aromatic rings. The number of rotatable bonds is 12. The molecule has 1 fully saturated rings. The van der Waals surface area contributed by atoms with Gasteiger partial charge in [-0.1, -0.05) is 20.3 Å². The van der Waals surface area contributed by atoms with E-state index in [0.29, 0.717) is 12.0 Å². The summed E-state index contributed by atoms with van der Waals surface area (Å²) in [5, 5.41) is 13.1. The molecule has 1 rings (SSSR count). The van der Waals surface area contributed by atoms with Crippen LogP contribution in [0.5, 0.6) is 0 Å². The van der Waals surface area contributed by atoms with Gasteiger partial charge in [-0.25, -0.2) is 0 Å². The molecule has 0 radical (unpaired) electrons. The average molecular weight is 271 g/mol. The molecule has 2 unspecified atom stereocenters. The minimum Gasteiger partial charge on any atom is -0.394 e. The Kier molecular flexibility index (Phi) is 7.96. The van der Waals surface area contributed by atoms with Crippen LogP contribution in [0.1, 0.15) is 65.7 Å². The van der Waals surface area contributed by atoms with E-state index in [2.05, 4.69) is 26.1 Å². The van der Waals surface area contributed by atoms with Crippen LogP contribution in [0, 0.1) is 5.92 Å². The first-order valence-electron chi connectivity index (χ1n) is 8.06. The van der Waals surface area contributed by atoms with Crippen LogP contribution in [0.3, 0.4) is 0 Å². The van der Waals surface area contributed by atoms with Gasteiger partial charge in [0.1, 0.15) is 0 Å². The van der Waals surface area contributed by atoms with Gasteiger partial charge in [0.25, 0.3) is 0 Å². The standard InChI is InChI=1S/C16H33NO2/c1-4-7-14(2)12-19-11-6-5-10-16(3,13-18)17-15-8-9-15/h14-15,17-18H,4-13H2,1-3H3. The second-order valence-corrected chi connectivity index (χ2v) is 6.56. The first-order valence-corrected chi connectivity index (χ1v) is 8.06. The largest absolute Gasteiger partial charge is 0.394 e. The average Bonchev–Trinajstić information content (AvgIpc) is 3.18. The summed E-state index contributed by atoms with van der Waals surface area (Å²) in [5.41, 5.74) is -0.0866. The number of aliphatic hydroxyl groups is 1. The maximum Gasteiger partial charge on any atom is 0.0610 e. The van der Waals surface area contributed by atoms with E-state index in [-0.39, 0.29) is 12.1 Å². The lowest BCUT2D eigenvalue weighted by Crippen LogP contribution is -2.46. The van der Waals surface area contributed by atoms with Crippen molar-refractivity contribution in [2.45, 2.75) is 77.3 Å². The zero-order valence-electron chi connectivity index (χ0n) is 13.1. The molecule has 2 atom stereocenters. The Morgan fingerprint density at radius 3 is 2.68 bits per heavy atom. The third-order valence-electron chi connectivity index (χ3n) is 3.93. The van der Waals surface area contributed by atoms with E-state index in [9.17, 15) is 5.11 Å². The highest BCUT2D eigenvalue weighted by Crippen LogP contribution is 2.24. The molecule has 1 aliphatic carbocycles. The third-order valence-corrected chi connectivity index (χ3v) is 3.93. The Bertz CT molecular complexity index is 231. The number of ether oxygens (including phenoxy) is 1. The van der Waals surface area contributed by atoms with Crippen molar-refractivity contribution in [1.29, 1.82) is 0 Å². The molecule has 0 aliphatic heterocycles. The lowest BCUT2D eigenvalue weighted by molar-refractivity contribution is 0.0943. The third kappa shape index (κ3) is 7.91. The van der Waals surface area contributed by atoms with Crippen LogP contribution in [0.25, 0.3) is 0 Å². The van der Waals surface area contributed by atoms with E-state index in [0.717, 1.165) is 32.5 Å². The normalized spacial score (nSPS) is 20.2.